The SMILES string of the molecule is O=c1ccc2cccc(CN3CCN(c4ccc(Cl)cc4)CC3)c2[nH]1. The van der Waals surface area contributed by atoms with Gasteiger partial charge in [0.15, 0.2) is 0 Å². The molecule has 25 heavy (non-hydrogen) atoms. The number of anilines is 1. The first kappa shape index (κ1) is 16.2. The third-order valence-electron chi connectivity index (χ3n) is 4.80. The van der Waals surface area contributed by atoms with Crippen molar-refractivity contribution in [2.75, 3.05) is 31.1 Å². The number of pyridine rings is 1. The molecule has 0 atom stereocenters. The minimum absolute atomic E-state index is 0.0486. The van der Waals surface area contributed by atoms with Crippen molar-refractivity contribution in [3.63, 3.8) is 0 Å². The third kappa shape index (κ3) is 3.55. The fraction of sp³-hybridized carbons (Fsp3) is 0.250. The summed E-state index contributed by atoms with van der Waals surface area (Å²) in [6, 6.07) is 17.7. The second-order valence-corrected chi connectivity index (χ2v) is 6.88. The number of hydrogen-bond acceptors (Lipinski definition) is 3. The standard InChI is InChI=1S/C20H20ClN3O/c21-17-5-7-18(8-6-17)24-12-10-23(11-13-24)14-16-3-1-2-15-4-9-19(25)22-20(15)16/h1-9H,10-14H2,(H,22,25). The minimum atomic E-state index is -0.0486. The Balaban J connectivity index is 1.46. The number of halogens is 1. The molecule has 0 radical (unpaired) electrons. The van der Waals surface area contributed by atoms with E-state index in [4.69, 9.17) is 11.6 Å². The van der Waals surface area contributed by atoms with Crippen LogP contribution in [0.3, 0.4) is 0 Å². The first-order chi connectivity index (χ1) is 12.2. The molecule has 1 aromatic heterocycles. The lowest BCUT2D eigenvalue weighted by atomic mass is 10.1. The van der Waals surface area contributed by atoms with Gasteiger partial charge in [0.05, 0.1) is 5.52 Å². The molecule has 1 saturated heterocycles. The molecule has 0 saturated carbocycles. The smallest absolute Gasteiger partial charge is 0.248 e. The fourth-order valence-electron chi connectivity index (χ4n) is 3.43. The number of hydrogen-bond donors (Lipinski definition) is 1. The quantitative estimate of drug-likeness (QED) is 0.783. The van der Waals surface area contributed by atoms with Crippen LogP contribution in [0.1, 0.15) is 5.56 Å². The Labute approximate surface area is 151 Å². The molecule has 3 aromatic rings. The summed E-state index contributed by atoms with van der Waals surface area (Å²) in [5.41, 5.74) is 3.30. The minimum Gasteiger partial charge on any atom is -0.369 e. The Morgan fingerprint density at radius 1 is 0.920 bits per heavy atom. The van der Waals surface area contributed by atoms with Crippen LogP contribution in [0.15, 0.2) is 59.4 Å². The van der Waals surface area contributed by atoms with Gasteiger partial charge in [-0.15, -0.1) is 0 Å². The first-order valence-electron chi connectivity index (χ1n) is 8.53. The highest BCUT2D eigenvalue weighted by Crippen LogP contribution is 2.21. The van der Waals surface area contributed by atoms with E-state index in [0.717, 1.165) is 48.6 Å². The number of benzene rings is 2. The van der Waals surface area contributed by atoms with Gasteiger partial charge in [0.2, 0.25) is 5.56 Å². The van der Waals surface area contributed by atoms with E-state index < -0.39 is 0 Å². The summed E-state index contributed by atoms with van der Waals surface area (Å²) >= 11 is 5.97. The van der Waals surface area contributed by atoms with Crippen LogP contribution < -0.4 is 10.5 Å². The molecule has 4 rings (SSSR count). The maximum absolute atomic E-state index is 11.7. The van der Waals surface area contributed by atoms with Crippen LogP contribution in [0.5, 0.6) is 0 Å². The molecular weight excluding hydrogens is 334 g/mol. The first-order valence-corrected chi connectivity index (χ1v) is 8.91. The van der Waals surface area contributed by atoms with Crippen molar-refractivity contribution in [3.8, 4) is 0 Å². The summed E-state index contributed by atoms with van der Waals surface area (Å²) in [5, 5.41) is 1.85. The van der Waals surface area contributed by atoms with E-state index in [1.54, 1.807) is 6.07 Å². The van der Waals surface area contributed by atoms with Gasteiger partial charge in [0.1, 0.15) is 0 Å². The van der Waals surface area contributed by atoms with Gasteiger partial charge in [-0.25, -0.2) is 0 Å². The van der Waals surface area contributed by atoms with E-state index in [9.17, 15) is 4.79 Å². The van der Waals surface area contributed by atoms with Gasteiger partial charge in [-0.05, 0) is 41.3 Å². The van der Waals surface area contributed by atoms with Crippen LogP contribution in [0.2, 0.25) is 5.02 Å². The lowest BCUT2D eigenvalue weighted by Gasteiger charge is -2.36. The number of rotatable bonds is 3. The van der Waals surface area contributed by atoms with Crippen LogP contribution in [0.25, 0.3) is 10.9 Å². The Morgan fingerprint density at radius 3 is 2.44 bits per heavy atom. The van der Waals surface area contributed by atoms with Gasteiger partial charge in [0, 0.05) is 49.5 Å². The lowest BCUT2D eigenvalue weighted by molar-refractivity contribution is 0.250. The topological polar surface area (TPSA) is 39.3 Å². The molecule has 0 amide bonds. The molecule has 1 aliphatic rings. The Morgan fingerprint density at radius 2 is 1.68 bits per heavy atom. The third-order valence-corrected chi connectivity index (χ3v) is 5.06. The number of para-hydroxylation sites is 1. The van der Waals surface area contributed by atoms with E-state index in [1.165, 1.54) is 11.3 Å². The molecule has 0 unspecified atom stereocenters. The van der Waals surface area contributed by atoms with E-state index in [-0.39, 0.29) is 5.56 Å². The average molecular weight is 354 g/mol. The van der Waals surface area contributed by atoms with Crippen molar-refractivity contribution in [2.24, 2.45) is 0 Å². The van der Waals surface area contributed by atoms with E-state index in [1.807, 2.05) is 24.3 Å². The van der Waals surface area contributed by atoms with Crippen LogP contribution in [0.4, 0.5) is 5.69 Å². The van der Waals surface area contributed by atoms with Crippen molar-refractivity contribution in [1.29, 1.82) is 0 Å². The van der Waals surface area contributed by atoms with Crippen LogP contribution in [-0.2, 0) is 6.54 Å². The van der Waals surface area contributed by atoms with Crippen molar-refractivity contribution < 1.29 is 0 Å². The number of nitrogens with zero attached hydrogens (tertiary/aromatic N) is 2. The fourth-order valence-corrected chi connectivity index (χ4v) is 3.56. The molecule has 2 aromatic carbocycles. The van der Waals surface area contributed by atoms with E-state index in [0.29, 0.717) is 0 Å². The van der Waals surface area contributed by atoms with Crippen molar-refractivity contribution in [2.45, 2.75) is 6.54 Å². The van der Waals surface area contributed by atoms with Crippen molar-refractivity contribution >= 4 is 28.2 Å². The second kappa shape index (κ2) is 6.90. The molecule has 1 N–H and O–H groups in total. The molecule has 2 heterocycles. The highest BCUT2D eigenvalue weighted by molar-refractivity contribution is 6.30. The maximum Gasteiger partial charge on any atom is 0.248 e. The Hall–Kier alpha value is -2.30. The summed E-state index contributed by atoms with van der Waals surface area (Å²) in [7, 11) is 0. The molecule has 128 valence electrons. The number of H-pyrrole nitrogens is 1. The van der Waals surface area contributed by atoms with Crippen LogP contribution in [-0.4, -0.2) is 36.1 Å². The molecular formula is C20H20ClN3O. The number of aromatic amines is 1. The number of aromatic nitrogens is 1. The van der Waals surface area contributed by atoms with Crippen LogP contribution in [0, 0.1) is 0 Å². The molecule has 0 spiro atoms. The molecule has 1 fully saturated rings. The van der Waals surface area contributed by atoms with Gasteiger partial charge in [-0.3, -0.25) is 9.69 Å². The van der Waals surface area contributed by atoms with Gasteiger partial charge in [-0.2, -0.15) is 0 Å². The summed E-state index contributed by atoms with van der Waals surface area (Å²) in [5.74, 6) is 0. The molecule has 1 aliphatic heterocycles. The average Bonchev–Trinajstić information content (AvgIpc) is 2.64. The molecule has 0 bridgehead atoms. The summed E-state index contributed by atoms with van der Waals surface area (Å²) < 4.78 is 0. The Kier molecular flexibility index (Phi) is 4.47. The van der Waals surface area contributed by atoms with Crippen LogP contribution >= 0.6 is 11.6 Å². The van der Waals surface area contributed by atoms with Gasteiger partial charge < -0.3 is 9.88 Å². The highest BCUT2D eigenvalue weighted by Gasteiger charge is 2.18. The summed E-state index contributed by atoms with van der Waals surface area (Å²) in [4.78, 5) is 19.5. The number of piperazine rings is 1. The summed E-state index contributed by atoms with van der Waals surface area (Å²) in [6.45, 7) is 4.82. The normalized spacial score (nSPS) is 15.6. The molecule has 4 nitrogen and oxygen atoms in total. The Bertz CT molecular complexity index is 928. The van der Waals surface area contributed by atoms with Crippen molar-refractivity contribution in [3.05, 3.63) is 75.5 Å². The molecule has 0 aliphatic carbocycles. The molecule has 5 heteroatoms. The van der Waals surface area contributed by atoms with Crippen molar-refractivity contribution in [1.82, 2.24) is 9.88 Å². The highest BCUT2D eigenvalue weighted by atomic mass is 35.5. The maximum atomic E-state index is 11.7. The van der Waals surface area contributed by atoms with Gasteiger partial charge in [-0.1, -0.05) is 29.8 Å². The number of nitrogens with one attached hydrogen (secondary N) is 1. The largest absolute Gasteiger partial charge is 0.369 e. The monoisotopic (exact) mass is 353 g/mol. The zero-order valence-corrected chi connectivity index (χ0v) is 14.7. The predicted octanol–water partition coefficient (Wildman–Crippen LogP) is 3.50. The van der Waals surface area contributed by atoms with E-state index >= 15 is 0 Å². The predicted molar refractivity (Wildman–Crippen MR) is 104 cm³/mol. The lowest BCUT2D eigenvalue weighted by Crippen LogP contribution is -2.46. The zero-order valence-electron chi connectivity index (χ0n) is 13.9. The second-order valence-electron chi connectivity index (χ2n) is 6.44. The van der Waals surface area contributed by atoms with E-state index in [2.05, 4.69) is 39.0 Å². The van der Waals surface area contributed by atoms with Gasteiger partial charge >= 0.3 is 0 Å². The number of fused-ring (bicyclic) bond motifs is 1. The zero-order chi connectivity index (χ0) is 17.2. The van der Waals surface area contributed by atoms with Gasteiger partial charge in [0.25, 0.3) is 0 Å². The summed E-state index contributed by atoms with van der Waals surface area (Å²) in [6.07, 6.45) is 0.